The summed E-state index contributed by atoms with van der Waals surface area (Å²) >= 11 is 0. The van der Waals surface area contributed by atoms with Crippen LogP contribution in [-0.2, 0) is 5.41 Å². The van der Waals surface area contributed by atoms with Gasteiger partial charge in [0.1, 0.15) is 5.58 Å². The number of anilines is 3. The Morgan fingerprint density at radius 1 is 0.543 bits per heavy atom. The van der Waals surface area contributed by atoms with E-state index in [0.717, 1.165) is 39.0 Å². The standard InChI is InChI=1S/C33H25NO/c1-33(2)27-18-10-9-16-26(27)30-28(33)21-20-25-24-17-11-19-29(31(24)35-32(25)30)34(22-12-5-3-6-13-22)23-14-7-4-8-15-23/h3-21H,1-2H3. The molecule has 0 atom stereocenters. The van der Waals surface area contributed by atoms with E-state index in [2.05, 4.69) is 134 Å². The number of benzene rings is 5. The van der Waals surface area contributed by atoms with Crippen molar-refractivity contribution in [2.24, 2.45) is 0 Å². The second-order valence-corrected chi connectivity index (χ2v) is 9.80. The van der Waals surface area contributed by atoms with E-state index < -0.39 is 0 Å². The summed E-state index contributed by atoms with van der Waals surface area (Å²) in [5.74, 6) is 0. The fraction of sp³-hybridized carbons (Fsp3) is 0.0909. The molecule has 1 heterocycles. The largest absolute Gasteiger partial charge is 0.453 e. The first kappa shape index (κ1) is 20.1. The van der Waals surface area contributed by atoms with Crippen LogP contribution in [0.3, 0.4) is 0 Å². The lowest BCUT2D eigenvalue weighted by atomic mass is 9.82. The molecule has 5 aromatic carbocycles. The van der Waals surface area contributed by atoms with Crippen molar-refractivity contribution < 1.29 is 4.42 Å². The molecule has 0 N–H and O–H groups in total. The smallest absolute Gasteiger partial charge is 0.159 e. The quantitative estimate of drug-likeness (QED) is 0.266. The van der Waals surface area contributed by atoms with E-state index >= 15 is 0 Å². The Bertz CT molecular complexity index is 1670. The fourth-order valence-corrected chi connectivity index (χ4v) is 5.78. The van der Waals surface area contributed by atoms with Crippen LogP contribution in [0.15, 0.2) is 120 Å². The van der Waals surface area contributed by atoms with Crippen molar-refractivity contribution in [3.63, 3.8) is 0 Å². The third-order valence-corrected chi connectivity index (χ3v) is 7.46. The highest BCUT2D eigenvalue weighted by molar-refractivity contribution is 6.15. The monoisotopic (exact) mass is 451 g/mol. The summed E-state index contributed by atoms with van der Waals surface area (Å²) < 4.78 is 6.86. The van der Waals surface area contributed by atoms with E-state index in [-0.39, 0.29) is 5.41 Å². The molecule has 0 radical (unpaired) electrons. The number of hydrogen-bond acceptors (Lipinski definition) is 2. The van der Waals surface area contributed by atoms with Crippen molar-refractivity contribution in [3.8, 4) is 11.1 Å². The molecule has 0 unspecified atom stereocenters. The molecule has 1 aromatic heterocycles. The highest BCUT2D eigenvalue weighted by Crippen LogP contribution is 2.53. The van der Waals surface area contributed by atoms with Gasteiger partial charge in [-0.15, -0.1) is 0 Å². The molecule has 0 spiro atoms. The lowest BCUT2D eigenvalue weighted by Crippen LogP contribution is -2.14. The molecule has 2 heteroatoms. The van der Waals surface area contributed by atoms with Crippen LogP contribution in [0.1, 0.15) is 25.0 Å². The van der Waals surface area contributed by atoms with E-state index in [1.54, 1.807) is 0 Å². The summed E-state index contributed by atoms with van der Waals surface area (Å²) in [6, 6.07) is 40.8. The molecule has 0 saturated heterocycles. The van der Waals surface area contributed by atoms with Crippen molar-refractivity contribution >= 4 is 39.0 Å². The van der Waals surface area contributed by atoms with Crippen LogP contribution in [0.5, 0.6) is 0 Å². The van der Waals surface area contributed by atoms with Crippen molar-refractivity contribution in [2.75, 3.05) is 4.90 Å². The van der Waals surface area contributed by atoms with Gasteiger partial charge in [0.15, 0.2) is 5.58 Å². The molecule has 0 bridgehead atoms. The molecule has 168 valence electrons. The first-order valence-corrected chi connectivity index (χ1v) is 12.1. The second kappa shape index (κ2) is 7.35. The Morgan fingerprint density at radius 2 is 1.17 bits per heavy atom. The molecule has 35 heavy (non-hydrogen) atoms. The average Bonchev–Trinajstić information content (AvgIpc) is 3.39. The topological polar surface area (TPSA) is 16.4 Å². The first-order chi connectivity index (χ1) is 17.1. The molecule has 7 rings (SSSR count). The van der Waals surface area contributed by atoms with E-state index in [1.807, 2.05) is 0 Å². The number of nitrogens with zero attached hydrogens (tertiary/aromatic N) is 1. The molecule has 0 aliphatic heterocycles. The van der Waals surface area contributed by atoms with Crippen LogP contribution < -0.4 is 4.90 Å². The van der Waals surface area contributed by atoms with E-state index in [1.165, 1.54) is 22.3 Å². The Hall–Kier alpha value is -4.30. The van der Waals surface area contributed by atoms with Crippen LogP contribution in [-0.4, -0.2) is 0 Å². The van der Waals surface area contributed by atoms with Crippen LogP contribution >= 0.6 is 0 Å². The van der Waals surface area contributed by atoms with Gasteiger partial charge >= 0.3 is 0 Å². The zero-order valence-electron chi connectivity index (χ0n) is 19.8. The lowest BCUT2D eigenvalue weighted by Gasteiger charge is -2.25. The number of fused-ring (bicyclic) bond motifs is 7. The van der Waals surface area contributed by atoms with Gasteiger partial charge in [0.05, 0.1) is 5.69 Å². The van der Waals surface area contributed by atoms with Crippen molar-refractivity contribution in [1.29, 1.82) is 0 Å². The van der Waals surface area contributed by atoms with Crippen LogP contribution in [0.4, 0.5) is 17.1 Å². The van der Waals surface area contributed by atoms with E-state index in [0.29, 0.717) is 0 Å². The maximum absolute atomic E-state index is 6.86. The predicted octanol–water partition coefficient (Wildman–Crippen LogP) is 9.36. The summed E-state index contributed by atoms with van der Waals surface area (Å²) in [4.78, 5) is 2.28. The maximum atomic E-state index is 6.86. The van der Waals surface area contributed by atoms with Gasteiger partial charge in [-0.2, -0.15) is 0 Å². The average molecular weight is 452 g/mol. The van der Waals surface area contributed by atoms with E-state index in [9.17, 15) is 0 Å². The van der Waals surface area contributed by atoms with Gasteiger partial charge in [0.25, 0.3) is 0 Å². The van der Waals surface area contributed by atoms with Crippen LogP contribution in [0.25, 0.3) is 33.1 Å². The molecule has 6 aromatic rings. The van der Waals surface area contributed by atoms with Crippen molar-refractivity contribution in [1.82, 2.24) is 0 Å². The highest BCUT2D eigenvalue weighted by atomic mass is 16.3. The molecule has 0 amide bonds. The predicted molar refractivity (Wildman–Crippen MR) is 146 cm³/mol. The fourth-order valence-electron chi connectivity index (χ4n) is 5.78. The molecular formula is C33H25NO. The molecule has 0 fully saturated rings. The Morgan fingerprint density at radius 3 is 1.89 bits per heavy atom. The maximum Gasteiger partial charge on any atom is 0.159 e. The third kappa shape index (κ3) is 2.83. The van der Waals surface area contributed by atoms with Gasteiger partial charge in [-0.1, -0.05) is 98.8 Å². The summed E-state index contributed by atoms with van der Waals surface area (Å²) in [6.45, 7) is 4.62. The number of rotatable bonds is 3. The normalized spacial score (nSPS) is 13.7. The lowest BCUT2D eigenvalue weighted by molar-refractivity contribution is 0.653. The molecular weight excluding hydrogens is 426 g/mol. The summed E-state index contributed by atoms with van der Waals surface area (Å²) in [5.41, 5.74) is 10.3. The minimum Gasteiger partial charge on any atom is -0.453 e. The summed E-state index contributed by atoms with van der Waals surface area (Å²) in [7, 11) is 0. The second-order valence-electron chi connectivity index (χ2n) is 9.80. The van der Waals surface area contributed by atoms with Crippen molar-refractivity contribution in [3.05, 3.63) is 126 Å². The van der Waals surface area contributed by atoms with Gasteiger partial charge in [-0.05, 0) is 47.0 Å². The number of para-hydroxylation sites is 3. The van der Waals surface area contributed by atoms with Crippen molar-refractivity contribution in [2.45, 2.75) is 19.3 Å². The SMILES string of the molecule is CC1(C)c2ccccc2-c2c1ccc1c2oc2c(N(c3ccccc3)c3ccccc3)cccc21. The highest BCUT2D eigenvalue weighted by Gasteiger charge is 2.37. The van der Waals surface area contributed by atoms with Gasteiger partial charge in [0.2, 0.25) is 0 Å². The molecule has 0 saturated carbocycles. The number of furan rings is 1. The van der Waals surface area contributed by atoms with Gasteiger partial charge in [0, 0.05) is 33.1 Å². The summed E-state index contributed by atoms with van der Waals surface area (Å²) in [5, 5.41) is 2.30. The molecule has 1 aliphatic rings. The summed E-state index contributed by atoms with van der Waals surface area (Å²) in [6.07, 6.45) is 0. The van der Waals surface area contributed by atoms with Crippen LogP contribution in [0, 0.1) is 0 Å². The molecule has 1 aliphatic carbocycles. The van der Waals surface area contributed by atoms with Gasteiger partial charge in [-0.3, -0.25) is 0 Å². The zero-order valence-corrected chi connectivity index (χ0v) is 19.8. The van der Waals surface area contributed by atoms with E-state index in [4.69, 9.17) is 4.42 Å². The Balaban J connectivity index is 1.55. The molecule has 2 nitrogen and oxygen atoms in total. The van der Waals surface area contributed by atoms with Crippen LogP contribution in [0.2, 0.25) is 0 Å². The zero-order chi connectivity index (χ0) is 23.6. The first-order valence-electron chi connectivity index (χ1n) is 12.1. The van der Waals surface area contributed by atoms with Gasteiger partial charge < -0.3 is 9.32 Å². The Labute approximate surface area is 205 Å². The minimum atomic E-state index is -0.0535. The Kier molecular flexibility index (Phi) is 4.22. The van der Waals surface area contributed by atoms with Gasteiger partial charge in [-0.25, -0.2) is 0 Å². The third-order valence-electron chi connectivity index (χ3n) is 7.46. The number of hydrogen-bond donors (Lipinski definition) is 0. The minimum absolute atomic E-state index is 0.0535.